The van der Waals surface area contributed by atoms with Crippen molar-refractivity contribution < 1.29 is 4.79 Å². The Kier molecular flexibility index (Phi) is 4.73. The maximum atomic E-state index is 13.3. The first-order valence-electron chi connectivity index (χ1n) is 8.91. The van der Waals surface area contributed by atoms with E-state index in [2.05, 4.69) is 5.10 Å². The fourth-order valence-electron chi connectivity index (χ4n) is 3.04. The predicted molar refractivity (Wildman–Crippen MR) is 109 cm³/mol. The number of nitrogens with zero attached hydrogens (tertiary/aromatic N) is 4. The molecule has 0 bridgehead atoms. The van der Waals surface area contributed by atoms with Crippen LogP contribution in [0.15, 0.2) is 60.7 Å². The second-order valence-corrected chi connectivity index (χ2v) is 7.34. The van der Waals surface area contributed by atoms with Gasteiger partial charge in [-0.2, -0.15) is 5.10 Å². The van der Waals surface area contributed by atoms with Crippen LogP contribution >= 0.6 is 11.3 Å². The minimum absolute atomic E-state index is 0.131. The summed E-state index contributed by atoms with van der Waals surface area (Å²) in [6.45, 7) is 5.17. The third-order valence-corrected chi connectivity index (χ3v) is 5.50. The maximum Gasteiger partial charge on any atom is 0.280 e. The van der Waals surface area contributed by atoms with Crippen LogP contribution in [0.2, 0.25) is 0 Å². The Morgan fingerprint density at radius 1 is 1.11 bits per heavy atom. The van der Waals surface area contributed by atoms with Crippen molar-refractivity contribution in [1.82, 2.24) is 14.8 Å². The monoisotopic (exact) mass is 376 g/mol. The molecule has 2 aromatic heterocycles. The number of amides is 1. The SMILES string of the molecule is CCn1nc(C(=O)N(Cc2ccccc2)c2nc3ccccc3s2)cc1C. The number of hydrogen-bond donors (Lipinski definition) is 0. The molecule has 136 valence electrons. The van der Waals surface area contributed by atoms with Gasteiger partial charge in [0.25, 0.3) is 5.91 Å². The number of rotatable bonds is 5. The summed E-state index contributed by atoms with van der Waals surface area (Å²) in [7, 11) is 0. The molecule has 0 N–H and O–H groups in total. The van der Waals surface area contributed by atoms with Crippen molar-refractivity contribution in [3.63, 3.8) is 0 Å². The molecule has 4 rings (SSSR count). The fourth-order valence-corrected chi connectivity index (χ4v) is 4.00. The van der Waals surface area contributed by atoms with Gasteiger partial charge in [-0.3, -0.25) is 14.4 Å². The van der Waals surface area contributed by atoms with E-state index in [1.165, 1.54) is 11.3 Å². The van der Waals surface area contributed by atoms with E-state index < -0.39 is 0 Å². The van der Waals surface area contributed by atoms with Gasteiger partial charge in [0.15, 0.2) is 10.8 Å². The second-order valence-electron chi connectivity index (χ2n) is 6.33. The summed E-state index contributed by atoms with van der Waals surface area (Å²) in [4.78, 5) is 19.7. The Morgan fingerprint density at radius 2 is 1.85 bits per heavy atom. The largest absolute Gasteiger partial charge is 0.280 e. The standard InChI is InChI=1S/C21H20N4OS/c1-3-25-15(2)13-18(23-25)20(26)24(14-16-9-5-4-6-10-16)21-22-17-11-7-8-12-19(17)27-21/h4-13H,3,14H2,1-2H3. The van der Waals surface area contributed by atoms with Gasteiger partial charge in [0.05, 0.1) is 16.8 Å². The van der Waals surface area contributed by atoms with E-state index in [1.807, 2.05) is 79.2 Å². The van der Waals surface area contributed by atoms with E-state index in [-0.39, 0.29) is 5.91 Å². The van der Waals surface area contributed by atoms with Crippen molar-refractivity contribution in [1.29, 1.82) is 0 Å². The fraction of sp³-hybridized carbons (Fsp3) is 0.190. The van der Waals surface area contributed by atoms with Crippen molar-refractivity contribution in [3.8, 4) is 0 Å². The van der Waals surface area contributed by atoms with E-state index in [0.717, 1.165) is 28.0 Å². The van der Waals surface area contributed by atoms with Gasteiger partial charge >= 0.3 is 0 Å². The number of fused-ring (bicyclic) bond motifs is 1. The molecule has 6 heteroatoms. The third kappa shape index (κ3) is 3.48. The number of thiazole rings is 1. The lowest BCUT2D eigenvalue weighted by Crippen LogP contribution is -2.30. The predicted octanol–water partition coefficient (Wildman–Crippen LogP) is 4.67. The molecule has 2 aromatic carbocycles. The van der Waals surface area contributed by atoms with E-state index in [0.29, 0.717) is 17.4 Å². The van der Waals surface area contributed by atoms with Crippen LogP contribution in [0.3, 0.4) is 0 Å². The first kappa shape index (κ1) is 17.4. The molecule has 0 unspecified atom stereocenters. The lowest BCUT2D eigenvalue weighted by molar-refractivity contribution is 0.0979. The van der Waals surface area contributed by atoms with Gasteiger partial charge in [-0.15, -0.1) is 0 Å². The van der Waals surface area contributed by atoms with Crippen molar-refractivity contribution in [2.45, 2.75) is 26.9 Å². The zero-order chi connectivity index (χ0) is 18.8. The molecule has 4 aromatic rings. The van der Waals surface area contributed by atoms with Gasteiger partial charge < -0.3 is 0 Å². The van der Waals surface area contributed by atoms with E-state index >= 15 is 0 Å². The molecule has 0 saturated heterocycles. The molecule has 0 atom stereocenters. The molecule has 0 aliphatic rings. The van der Waals surface area contributed by atoms with Crippen LogP contribution in [0.4, 0.5) is 5.13 Å². The highest BCUT2D eigenvalue weighted by Crippen LogP contribution is 2.30. The van der Waals surface area contributed by atoms with E-state index in [1.54, 1.807) is 4.90 Å². The lowest BCUT2D eigenvalue weighted by atomic mass is 10.2. The molecule has 2 heterocycles. The summed E-state index contributed by atoms with van der Waals surface area (Å²) in [6, 6.07) is 19.7. The number of carbonyl (C=O) groups is 1. The summed E-state index contributed by atoms with van der Waals surface area (Å²) in [5.41, 5.74) is 3.38. The summed E-state index contributed by atoms with van der Waals surface area (Å²) in [6.07, 6.45) is 0. The van der Waals surface area contributed by atoms with Gasteiger partial charge in [0.2, 0.25) is 0 Å². The number of benzene rings is 2. The number of anilines is 1. The van der Waals surface area contributed by atoms with Crippen LogP contribution in [0.25, 0.3) is 10.2 Å². The quantitative estimate of drug-likeness (QED) is 0.509. The van der Waals surface area contributed by atoms with E-state index in [4.69, 9.17) is 4.98 Å². The normalized spacial score (nSPS) is 11.0. The molecule has 0 fully saturated rings. The Balaban J connectivity index is 1.75. The topological polar surface area (TPSA) is 51.0 Å². The Morgan fingerprint density at radius 3 is 2.56 bits per heavy atom. The molecular weight excluding hydrogens is 356 g/mol. The van der Waals surface area contributed by atoms with Crippen molar-refractivity contribution >= 4 is 32.6 Å². The summed E-state index contributed by atoms with van der Waals surface area (Å²) < 4.78 is 2.90. The first-order chi connectivity index (χ1) is 13.2. The number of para-hydroxylation sites is 1. The van der Waals surface area contributed by atoms with Gasteiger partial charge in [-0.05, 0) is 37.6 Å². The van der Waals surface area contributed by atoms with Gasteiger partial charge in [0, 0.05) is 12.2 Å². The molecule has 5 nitrogen and oxygen atoms in total. The average Bonchev–Trinajstić information content (AvgIpc) is 3.29. The summed E-state index contributed by atoms with van der Waals surface area (Å²) >= 11 is 1.52. The van der Waals surface area contributed by atoms with Crippen molar-refractivity contribution in [2.75, 3.05) is 4.90 Å². The summed E-state index contributed by atoms with van der Waals surface area (Å²) in [5.74, 6) is -0.131. The maximum absolute atomic E-state index is 13.3. The second kappa shape index (κ2) is 7.32. The minimum Gasteiger partial charge on any atom is -0.278 e. The zero-order valence-electron chi connectivity index (χ0n) is 15.3. The molecule has 0 saturated carbocycles. The van der Waals surface area contributed by atoms with Gasteiger partial charge in [0.1, 0.15) is 0 Å². The van der Waals surface area contributed by atoms with Crippen molar-refractivity contribution in [3.05, 3.63) is 77.6 Å². The molecule has 0 aliphatic carbocycles. The molecule has 0 aliphatic heterocycles. The number of hydrogen-bond acceptors (Lipinski definition) is 4. The van der Waals surface area contributed by atoms with Crippen LogP contribution < -0.4 is 4.90 Å². The van der Waals surface area contributed by atoms with E-state index in [9.17, 15) is 4.79 Å². The van der Waals surface area contributed by atoms with Crippen LogP contribution in [-0.2, 0) is 13.1 Å². The minimum atomic E-state index is -0.131. The smallest absolute Gasteiger partial charge is 0.278 e. The number of aromatic nitrogens is 3. The van der Waals surface area contributed by atoms with Crippen LogP contribution in [0.5, 0.6) is 0 Å². The number of carbonyl (C=O) groups excluding carboxylic acids is 1. The Hall–Kier alpha value is -2.99. The Bertz CT molecular complexity index is 1050. The average molecular weight is 376 g/mol. The molecule has 1 amide bonds. The van der Waals surface area contributed by atoms with Gasteiger partial charge in [-0.1, -0.05) is 53.8 Å². The van der Waals surface area contributed by atoms with Crippen LogP contribution in [-0.4, -0.2) is 20.7 Å². The molecular formula is C21H20N4OS. The summed E-state index contributed by atoms with van der Waals surface area (Å²) in [5, 5.41) is 5.16. The van der Waals surface area contributed by atoms with Crippen LogP contribution in [0, 0.1) is 6.92 Å². The zero-order valence-corrected chi connectivity index (χ0v) is 16.1. The molecule has 0 spiro atoms. The Labute approximate surface area is 161 Å². The van der Waals surface area contributed by atoms with Crippen molar-refractivity contribution in [2.24, 2.45) is 0 Å². The van der Waals surface area contributed by atoms with Gasteiger partial charge in [-0.25, -0.2) is 4.98 Å². The highest BCUT2D eigenvalue weighted by Gasteiger charge is 2.24. The van der Waals surface area contributed by atoms with Crippen LogP contribution in [0.1, 0.15) is 28.7 Å². The molecule has 0 radical (unpaired) electrons. The number of aryl methyl sites for hydroxylation is 2. The lowest BCUT2D eigenvalue weighted by Gasteiger charge is -2.19. The molecule has 27 heavy (non-hydrogen) atoms. The third-order valence-electron chi connectivity index (χ3n) is 4.44. The highest BCUT2D eigenvalue weighted by molar-refractivity contribution is 7.22. The first-order valence-corrected chi connectivity index (χ1v) is 9.73. The highest BCUT2D eigenvalue weighted by atomic mass is 32.1.